The number of hydrogen-bond donors (Lipinski definition) is 2. The second-order valence-electron chi connectivity index (χ2n) is 3.24. The van der Waals surface area contributed by atoms with E-state index in [1.54, 1.807) is 6.92 Å². The average Bonchev–Trinajstić information content (AvgIpc) is 2.13. The van der Waals surface area contributed by atoms with Gasteiger partial charge < -0.3 is 15.3 Å². The lowest BCUT2D eigenvalue weighted by atomic mass is 10.2. The largest absolute Gasteiger partial charge is 0.480 e. The normalized spacial score (nSPS) is 11.7. The lowest BCUT2D eigenvalue weighted by molar-refractivity contribution is -0.142. The number of rotatable bonds is 5. The molecule has 0 radical (unpaired) electrons. The van der Waals surface area contributed by atoms with Crippen LogP contribution in [-0.4, -0.2) is 47.4 Å². The Kier molecular flexibility index (Phi) is 5.36. The molecule has 0 saturated carbocycles. The molecule has 0 heterocycles. The summed E-state index contributed by atoms with van der Waals surface area (Å²) in [5.74, 6) is -1.79. The molecule has 0 aromatic carbocycles. The van der Waals surface area contributed by atoms with Gasteiger partial charge in [-0.2, -0.15) is 0 Å². The Morgan fingerprint density at radius 1 is 1.40 bits per heavy atom. The molecule has 0 aliphatic rings. The zero-order valence-electron chi connectivity index (χ0n) is 9.11. The highest BCUT2D eigenvalue weighted by atomic mass is 16.4. The molecule has 2 N–H and O–H groups in total. The number of aliphatic carboxylic acids is 1. The second kappa shape index (κ2) is 6.00. The van der Waals surface area contributed by atoms with E-state index in [0.717, 1.165) is 0 Å². The molecule has 0 aliphatic carbocycles. The zero-order chi connectivity index (χ0) is 12.0. The molecule has 0 fully saturated rings. The van der Waals surface area contributed by atoms with Gasteiger partial charge in [-0.3, -0.25) is 9.59 Å². The summed E-state index contributed by atoms with van der Waals surface area (Å²) in [5, 5.41) is 11.0. The number of nitrogens with one attached hydrogen (secondary N) is 1. The zero-order valence-corrected chi connectivity index (χ0v) is 9.11. The van der Waals surface area contributed by atoms with Gasteiger partial charge in [0.25, 0.3) is 0 Å². The molecule has 0 bridgehead atoms. The van der Waals surface area contributed by atoms with Crippen LogP contribution in [0, 0.1) is 0 Å². The minimum Gasteiger partial charge on any atom is -0.480 e. The molecular weight excluding hydrogens is 200 g/mol. The van der Waals surface area contributed by atoms with E-state index < -0.39 is 17.9 Å². The van der Waals surface area contributed by atoms with E-state index in [0.29, 0.717) is 6.42 Å². The van der Waals surface area contributed by atoms with Crippen LogP contribution in [0.15, 0.2) is 0 Å². The van der Waals surface area contributed by atoms with E-state index in [2.05, 4.69) is 5.32 Å². The van der Waals surface area contributed by atoms with Crippen LogP contribution in [0.1, 0.15) is 20.3 Å². The highest BCUT2D eigenvalue weighted by molar-refractivity contribution is 5.87. The molecule has 2 amide bonds. The molecule has 86 valence electrons. The standard InChI is InChI=1S/C9H16N2O4/c1-4-7(9(14)15)10-8(13)5-11(3)6(2)12/h7H,4-5H2,1-3H3,(H,10,13)(H,14,15)/t7-/m1/s1. The molecule has 0 aromatic heterocycles. The molecule has 0 aliphatic heterocycles. The van der Waals surface area contributed by atoms with Crippen LogP contribution in [0.3, 0.4) is 0 Å². The smallest absolute Gasteiger partial charge is 0.326 e. The molecule has 0 rings (SSSR count). The van der Waals surface area contributed by atoms with Crippen LogP contribution in [0.2, 0.25) is 0 Å². The number of carboxylic acids is 1. The number of carbonyl (C=O) groups is 3. The number of likely N-dealkylation sites (N-methyl/N-ethyl adjacent to an activating group) is 1. The molecule has 15 heavy (non-hydrogen) atoms. The van der Waals surface area contributed by atoms with Crippen molar-refractivity contribution in [2.24, 2.45) is 0 Å². The summed E-state index contributed by atoms with van der Waals surface area (Å²) < 4.78 is 0. The molecule has 0 saturated heterocycles. The summed E-state index contributed by atoms with van der Waals surface area (Å²) in [4.78, 5) is 33.9. The van der Waals surface area contributed by atoms with E-state index in [9.17, 15) is 14.4 Å². The maximum atomic E-state index is 11.3. The fourth-order valence-electron chi connectivity index (χ4n) is 0.905. The van der Waals surface area contributed by atoms with E-state index in [4.69, 9.17) is 5.11 Å². The van der Waals surface area contributed by atoms with E-state index in [1.165, 1.54) is 18.9 Å². The van der Waals surface area contributed by atoms with Gasteiger partial charge in [0, 0.05) is 14.0 Å². The Labute approximate surface area is 88.2 Å². The molecular formula is C9H16N2O4. The van der Waals surface area contributed by atoms with Gasteiger partial charge in [-0.1, -0.05) is 6.92 Å². The minimum atomic E-state index is -1.07. The highest BCUT2D eigenvalue weighted by Gasteiger charge is 2.18. The van der Waals surface area contributed by atoms with Crippen molar-refractivity contribution >= 4 is 17.8 Å². The van der Waals surface area contributed by atoms with Crippen molar-refractivity contribution in [3.63, 3.8) is 0 Å². The van der Waals surface area contributed by atoms with Crippen molar-refractivity contribution in [1.82, 2.24) is 10.2 Å². The van der Waals surface area contributed by atoms with E-state index in [1.807, 2.05) is 0 Å². The van der Waals surface area contributed by atoms with Crippen LogP contribution in [0.25, 0.3) is 0 Å². The van der Waals surface area contributed by atoms with Crippen LogP contribution in [-0.2, 0) is 14.4 Å². The van der Waals surface area contributed by atoms with Crippen LogP contribution in [0.5, 0.6) is 0 Å². The third-order valence-electron chi connectivity index (χ3n) is 1.96. The lowest BCUT2D eigenvalue weighted by Gasteiger charge is -2.17. The SMILES string of the molecule is CC[C@@H](NC(=O)CN(C)C(C)=O)C(=O)O. The molecule has 6 nitrogen and oxygen atoms in total. The summed E-state index contributed by atoms with van der Waals surface area (Å²) >= 11 is 0. The van der Waals surface area contributed by atoms with Crippen LogP contribution in [0.4, 0.5) is 0 Å². The summed E-state index contributed by atoms with van der Waals surface area (Å²) in [6.45, 7) is 2.87. The number of amides is 2. The number of carboxylic acid groups (broad SMARTS) is 1. The van der Waals surface area contributed by atoms with Crippen molar-refractivity contribution in [3.05, 3.63) is 0 Å². The first kappa shape index (κ1) is 13.4. The first-order chi connectivity index (χ1) is 6.88. The molecule has 6 heteroatoms. The maximum absolute atomic E-state index is 11.3. The van der Waals surface area contributed by atoms with Crippen molar-refractivity contribution < 1.29 is 19.5 Å². The Morgan fingerprint density at radius 2 is 1.93 bits per heavy atom. The van der Waals surface area contributed by atoms with Gasteiger partial charge in [-0.25, -0.2) is 4.79 Å². The summed E-state index contributed by atoms with van der Waals surface area (Å²) in [5.41, 5.74) is 0. The van der Waals surface area contributed by atoms with Gasteiger partial charge in [0.05, 0.1) is 6.54 Å². The van der Waals surface area contributed by atoms with Gasteiger partial charge in [0.2, 0.25) is 11.8 Å². The Hall–Kier alpha value is -1.59. The topological polar surface area (TPSA) is 86.7 Å². The number of nitrogens with zero attached hydrogens (tertiary/aromatic N) is 1. The third-order valence-corrected chi connectivity index (χ3v) is 1.96. The van der Waals surface area contributed by atoms with Gasteiger partial charge in [0.15, 0.2) is 0 Å². The number of hydrogen-bond acceptors (Lipinski definition) is 3. The number of carbonyl (C=O) groups excluding carboxylic acids is 2. The Bertz CT molecular complexity index is 265. The van der Waals surface area contributed by atoms with E-state index >= 15 is 0 Å². The lowest BCUT2D eigenvalue weighted by Crippen LogP contribution is -2.45. The minimum absolute atomic E-state index is 0.126. The van der Waals surface area contributed by atoms with Gasteiger partial charge in [0.1, 0.15) is 6.04 Å². The maximum Gasteiger partial charge on any atom is 0.326 e. The molecule has 1 atom stereocenters. The fourth-order valence-corrected chi connectivity index (χ4v) is 0.905. The average molecular weight is 216 g/mol. The summed E-state index contributed by atoms with van der Waals surface area (Å²) in [6.07, 6.45) is 0.310. The Morgan fingerprint density at radius 3 is 2.27 bits per heavy atom. The van der Waals surface area contributed by atoms with Gasteiger partial charge >= 0.3 is 5.97 Å². The van der Waals surface area contributed by atoms with Crippen LogP contribution < -0.4 is 5.32 Å². The van der Waals surface area contributed by atoms with Crippen molar-refractivity contribution in [2.45, 2.75) is 26.3 Å². The van der Waals surface area contributed by atoms with Gasteiger partial charge in [-0.05, 0) is 6.42 Å². The quantitative estimate of drug-likeness (QED) is 0.645. The molecule has 0 unspecified atom stereocenters. The predicted molar refractivity (Wildman–Crippen MR) is 53.2 cm³/mol. The van der Waals surface area contributed by atoms with Crippen molar-refractivity contribution in [1.29, 1.82) is 0 Å². The first-order valence-corrected chi connectivity index (χ1v) is 4.62. The van der Waals surface area contributed by atoms with Crippen LogP contribution >= 0.6 is 0 Å². The third kappa shape index (κ3) is 4.99. The fraction of sp³-hybridized carbons (Fsp3) is 0.667. The Balaban J connectivity index is 4.13. The highest BCUT2D eigenvalue weighted by Crippen LogP contribution is 1.91. The predicted octanol–water partition coefficient (Wildman–Crippen LogP) is -0.556. The van der Waals surface area contributed by atoms with Crippen molar-refractivity contribution in [3.8, 4) is 0 Å². The van der Waals surface area contributed by atoms with E-state index in [-0.39, 0.29) is 12.5 Å². The summed E-state index contributed by atoms with van der Waals surface area (Å²) in [7, 11) is 1.48. The van der Waals surface area contributed by atoms with Crippen molar-refractivity contribution in [2.75, 3.05) is 13.6 Å². The monoisotopic (exact) mass is 216 g/mol. The summed E-state index contributed by atoms with van der Waals surface area (Å²) in [6, 6.07) is -0.891. The first-order valence-electron chi connectivity index (χ1n) is 4.62. The molecule has 0 aromatic rings. The van der Waals surface area contributed by atoms with Gasteiger partial charge in [-0.15, -0.1) is 0 Å². The molecule has 0 spiro atoms. The second-order valence-corrected chi connectivity index (χ2v) is 3.24.